The molecule has 11 nitrogen and oxygen atoms in total. The molecule has 0 saturated heterocycles. The van der Waals surface area contributed by atoms with Crippen LogP contribution in [-0.4, -0.2) is 73.1 Å². The Bertz CT molecular complexity index is 1200. The predicted molar refractivity (Wildman–Crippen MR) is 151 cm³/mol. The molecule has 0 aromatic heterocycles. The van der Waals surface area contributed by atoms with Crippen LogP contribution in [0.25, 0.3) is 6.08 Å². The number of rotatable bonds is 4. The third-order valence-electron chi connectivity index (χ3n) is 6.65. The normalized spacial score (nSPS) is 24.9. The van der Waals surface area contributed by atoms with Gasteiger partial charge in [-0.1, -0.05) is 36.8 Å². The number of aromatic hydroxyl groups is 2. The van der Waals surface area contributed by atoms with Crippen LogP contribution >= 0.6 is 0 Å². The van der Waals surface area contributed by atoms with Crippen LogP contribution in [0.5, 0.6) is 17.2 Å². The summed E-state index contributed by atoms with van der Waals surface area (Å²) < 4.78 is 21.8. The SMILES string of the molecule is COc1c(O)cc2c(O)c1C=C(C)C[C@@H](OC)[C@H](O)[C@H](C)C=C(C)[C@@H](OC(N)=O)[C@H](OC)C=CC=C(C)C(=O)N2. The van der Waals surface area contributed by atoms with E-state index < -0.39 is 42.3 Å². The van der Waals surface area contributed by atoms with E-state index in [1.165, 1.54) is 33.5 Å². The molecule has 6 N–H and O–H groups in total. The molecule has 0 spiro atoms. The molecule has 1 aliphatic rings. The molecule has 1 aromatic carbocycles. The highest BCUT2D eigenvalue weighted by Crippen LogP contribution is 2.43. The van der Waals surface area contributed by atoms with Gasteiger partial charge in [0.15, 0.2) is 17.6 Å². The number of phenolic OH excluding ortho intramolecular Hbond substituents is 2. The number of ether oxygens (including phenoxy) is 4. The Labute approximate surface area is 234 Å². The largest absolute Gasteiger partial charge is 0.505 e. The number of aliphatic hydroxyl groups is 1. The first kappa shape index (κ1) is 32.4. The summed E-state index contributed by atoms with van der Waals surface area (Å²) in [4.78, 5) is 24.6. The zero-order chi connectivity index (χ0) is 30.1. The van der Waals surface area contributed by atoms with Gasteiger partial charge in [-0.3, -0.25) is 4.79 Å². The van der Waals surface area contributed by atoms with E-state index in [-0.39, 0.29) is 40.5 Å². The van der Waals surface area contributed by atoms with Gasteiger partial charge in [0.05, 0.1) is 30.6 Å². The van der Waals surface area contributed by atoms with E-state index in [9.17, 15) is 24.9 Å². The first-order valence-electron chi connectivity index (χ1n) is 12.7. The Balaban J connectivity index is 2.72. The lowest BCUT2D eigenvalue weighted by molar-refractivity contribution is -0.112. The van der Waals surface area contributed by atoms with Crippen LogP contribution in [0.1, 0.15) is 39.7 Å². The Morgan fingerprint density at radius 3 is 2.38 bits per heavy atom. The molecule has 1 heterocycles. The first-order chi connectivity index (χ1) is 18.8. The molecule has 11 heteroatoms. The van der Waals surface area contributed by atoms with Gasteiger partial charge in [-0.15, -0.1) is 0 Å². The second kappa shape index (κ2) is 14.5. The van der Waals surface area contributed by atoms with E-state index in [0.29, 0.717) is 11.1 Å². The van der Waals surface area contributed by atoms with Gasteiger partial charge in [0.2, 0.25) is 0 Å². The van der Waals surface area contributed by atoms with Crippen molar-refractivity contribution in [2.45, 2.75) is 58.5 Å². The van der Waals surface area contributed by atoms with Crippen molar-refractivity contribution in [1.82, 2.24) is 0 Å². The molecule has 2 amide bonds. The lowest BCUT2D eigenvalue weighted by Gasteiger charge is -2.28. The Hall–Kier alpha value is -3.80. The zero-order valence-electron chi connectivity index (χ0n) is 23.9. The summed E-state index contributed by atoms with van der Waals surface area (Å²) in [6.07, 6.45) is 3.94. The minimum absolute atomic E-state index is 0.0171. The summed E-state index contributed by atoms with van der Waals surface area (Å²) in [6, 6.07) is 1.19. The summed E-state index contributed by atoms with van der Waals surface area (Å²) >= 11 is 0. The van der Waals surface area contributed by atoms with Gasteiger partial charge in [-0.05, 0) is 38.8 Å². The molecule has 0 radical (unpaired) electrons. The number of anilines is 1. The maximum Gasteiger partial charge on any atom is 0.405 e. The number of methoxy groups -OCH3 is 3. The van der Waals surface area contributed by atoms with Crippen molar-refractivity contribution in [3.63, 3.8) is 0 Å². The van der Waals surface area contributed by atoms with Crippen molar-refractivity contribution in [3.05, 3.63) is 52.7 Å². The first-order valence-corrected chi connectivity index (χ1v) is 12.7. The fourth-order valence-corrected chi connectivity index (χ4v) is 4.47. The average Bonchev–Trinajstić information content (AvgIpc) is 2.90. The van der Waals surface area contributed by atoms with Crippen LogP contribution in [-0.2, 0) is 19.0 Å². The molecule has 5 atom stereocenters. The number of allylic oxidation sites excluding steroid dienone is 2. The number of amides is 2. The van der Waals surface area contributed by atoms with Crippen molar-refractivity contribution in [2.24, 2.45) is 11.7 Å². The predicted octanol–water partition coefficient (Wildman–Crippen LogP) is 3.79. The molecule has 0 saturated carbocycles. The minimum atomic E-state index is -0.998. The van der Waals surface area contributed by atoms with Crippen LogP contribution < -0.4 is 15.8 Å². The van der Waals surface area contributed by atoms with Gasteiger partial charge in [0.1, 0.15) is 11.9 Å². The van der Waals surface area contributed by atoms with Crippen molar-refractivity contribution in [3.8, 4) is 17.2 Å². The molecule has 220 valence electrons. The molecule has 1 aromatic rings. The number of aliphatic hydroxyl groups excluding tert-OH is 1. The molecule has 2 rings (SSSR count). The number of nitrogens with one attached hydrogen (secondary N) is 1. The smallest absolute Gasteiger partial charge is 0.405 e. The topological polar surface area (TPSA) is 170 Å². The molecule has 0 fully saturated rings. The highest BCUT2D eigenvalue weighted by atomic mass is 16.6. The minimum Gasteiger partial charge on any atom is -0.505 e. The summed E-state index contributed by atoms with van der Waals surface area (Å²) in [5.74, 6) is -1.57. The lowest BCUT2D eigenvalue weighted by Crippen LogP contribution is -2.36. The maximum absolute atomic E-state index is 12.9. The standard InChI is InChI=1S/C29H40N2O9/c1-15-11-19-25(34)20(14-21(32)27(19)39-7)31-28(35)16(2)9-8-10-22(37-5)26(40-29(30)36)18(4)13-17(3)24(33)23(12-15)38-6/h8-11,13-14,17,22-24,26,32-34H,12H2,1-7H3,(H2,30,36)(H,31,35)/t17-,22-,23-,24-,26-/m1/s1. The van der Waals surface area contributed by atoms with Crippen LogP contribution in [0.2, 0.25) is 0 Å². The Morgan fingerprint density at radius 1 is 1.12 bits per heavy atom. The summed E-state index contributed by atoms with van der Waals surface area (Å²) in [7, 11) is 4.25. The third kappa shape index (κ3) is 8.10. The second-order valence-corrected chi connectivity index (χ2v) is 9.71. The van der Waals surface area contributed by atoms with E-state index in [0.717, 1.165) is 0 Å². The van der Waals surface area contributed by atoms with E-state index in [2.05, 4.69) is 5.32 Å². The van der Waals surface area contributed by atoms with Crippen molar-refractivity contribution >= 4 is 23.8 Å². The number of hydrogen-bond acceptors (Lipinski definition) is 9. The quantitative estimate of drug-likeness (QED) is 0.209. The Morgan fingerprint density at radius 2 is 1.80 bits per heavy atom. The fourth-order valence-electron chi connectivity index (χ4n) is 4.47. The molecular formula is C29H40N2O9. The highest BCUT2D eigenvalue weighted by molar-refractivity contribution is 6.05. The third-order valence-corrected chi connectivity index (χ3v) is 6.65. The van der Waals surface area contributed by atoms with Crippen molar-refractivity contribution < 1.29 is 43.9 Å². The van der Waals surface area contributed by atoms with Crippen molar-refractivity contribution in [2.75, 3.05) is 26.6 Å². The van der Waals surface area contributed by atoms with E-state index in [1.807, 2.05) is 0 Å². The summed E-state index contributed by atoms with van der Waals surface area (Å²) in [5.41, 5.74) is 6.98. The van der Waals surface area contributed by atoms with Gasteiger partial charge < -0.3 is 45.3 Å². The van der Waals surface area contributed by atoms with Crippen molar-refractivity contribution in [1.29, 1.82) is 0 Å². The zero-order valence-corrected chi connectivity index (χ0v) is 23.9. The van der Waals surface area contributed by atoms with Crippen LogP contribution in [0.4, 0.5) is 10.5 Å². The number of hydrogen-bond donors (Lipinski definition) is 5. The Kier molecular flexibility index (Phi) is 11.8. The number of benzene rings is 1. The second-order valence-electron chi connectivity index (χ2n) is 9.71. The molecule has 0 unspecified atom stereocenters. The lowest BCUT2D eigenvalue weighted by atomic mass is 9.91. The number of carbonyl (C=O) groups excluding carboxylic acids is 2. The number of nitrogens with two attached hydrogens (primary N) is 1. The highest BCUT2D eigenvalue weighted by Gasteiger charge is 2.29. The van der Waals surface area contributed by atoms with E-state index in [4.69, 9.17) is 24.7 Å². The van der Waals surface area contributed by atoms with Gasteiger partial charge in [0, 0.05) is 31.8 Å². The summed E-state index contributed by atoms with van der Waals surface area (Å²) in [6.45, 7) is 6.86. The van der Waals surface area contributed by atoms with E-state index >= 15 is 0 Å². The number of phenols is 2. The fraction of sp³-hybridized carbons (Fsp3) is 0.448. The summed E-state index contributed by atoms with van der Waals surface area (Å²) in [5, 5.41) is 35.3. The maximum atomic E-state index is 12.9. The number of primary amides is 1. The van der Waals surface area contributed by atoms with Gasteiger partial charge in [-0.25, -0.2) is 4.79 Å². The van der Waals surface area contributed by atoms with Gasteiger partial charge in [0.25, 0.3) is 5.91 Å². The molecule has 40 heavy (non-hydrogen) atoms. The molecule has 2 bridgehead atoms. The van der Waals surface area contributed by atoms with E-state index in [1.54, 1.807) is 52.0 Å². The molecule has 1 aliphatic heterocycles. The molecule has 0 aliphatic carbocycles. The molecular weight excluding hydrogens is 520 g/mol. The van der Waals surface area contributed by atoms with Crippen LogP contribution in [0.3, 0.4) is 0 Å². The average molecular weight is 561 g/mol. The van der Waals surface area contributed by atoms with Crippen LogP contribution in [0.15, 0.2) is 47.1 Å². The number of fused-ring (bicyclic) bond motifs is 2. The van der Waals surface area contributed by atoms with Crippen LogP contribution in [0, 0.1) is 5.92 Å². The monoisotopic (exact) mass is 560 g/mol. The van der Waals surface area contributed by atoms with Gasteiger partial charge in [-0.2, -0.15) is 0 Å². The van der Waals surface area contributed by atoms with Gasteiger partial charge >= 0.3 is 6.09 Å². The number of carbonyl (C=O) groups is 2.